The largest absolute Gasteiger partial charge is 0.297 e. The summed E-state index contributed by atoms with van der Waals surface area (Å²) in [6.07, 6.45) is 2.04. The Labute approximate surface area is 146 Å². The van der Waals surface area contributed by atoms with Crippen molar-refractivity contribution in [1.82, 2.24) is 4.90 Å². The standard InChI is InChI=1S/C19H21NOS2/c1-22-18-7-5-16(6-8-18)19(21)17-4-2-3-15(13-17)14-20-9-11-23-12-10-20/h2-8,13H,9-12,14H2,1H3. The van der Waals surface area contributed by atoms with Gasteiger partial charge >= 0.3 is 0 Å². The number of hydrogen-bond donors (Lipinski definition) is 0. The fraction of sp³-hybridized carbons (Fsp3) is 0.316. The summed E-state index contributed by atoms with van der Waals surface area (Å²) in [6, 6.07) is 15.9. The number of thioether (sulfide) groups is 2. The van der Waals surface area contributed by atoms with Gasteiger partial charge < -0.3 is 0 Å². The van der Waals surface area contributed by atoms with Crippen molar-refractivity contribution < 1.29 is 4.79 Å². The highest BCUT2D eigenvalue weighted by Crippen LogP contribution is 2.19. The van der Waals surface area contributed by atoms with Crippen LogP contribution in [0.15, 0.2) is 53.4 Å². The van der Waals surface area contributed by atoms with Gasteiger partial charge in [0.1, 0.15) is 0 Å². The highest BCUT2D eigenvalue weighted by atomic mass is 32.2. The van der Waals surface area contributed by atoms with Gasteiger partial charge in [-0.25, -0.2) is 0 Å². The number of ketones is 1. The molecule has 1 saturated heterocycles. The molecule has 1 heterocycles. The summed E-state index contributed by atoms with van der Waals surface area (Å²) in [4.78, 5) is 16.3. The van der Waals surface area contributed by atoms with E-state index in [-0.39, 0.29) is 5.78 Å². The van der Waals surface area contributed by atoms with Crippen LogP contribution >= 0.6 is 23.5 Å². The van der Waals surface area contributed by atoms with Gasteiger partial charge in [-0.2, -0.15) is 11.8 Å². The van der Waals surface area contributed by atoms with E-state index in [0.717, 1.165) is 30.8 Å². The summed E-state index contributed by atoms with van der Waals surface area (Å²) in [5.74, 6) is 2.52. The van der Waals surface area contributed by atoms with Crippen molar-refractivity contribution in [3.8, 4) is 0 Å². The minimum absolute atomic E-state index is 0.105. The van der Waals surface area contributed by atoms with E-state index in [0.29, 0.717) is 0 Å². The number of carbonyl (C=O) groups excluding carboxylic acids is 1. The average molecular weight is 344 g/mol. The Morgan fingerprint density at radius 3 is 2.52 bits per heavy atom. The zero-order chi connectivity index (χ0) is 16.1. The Morgan fingerprint density at radius 1 is 1.09 bits per heavy atom. The molecule has 2 aromatic rings. The Hall–Kier alpha value is -1.23. The minimum Gasteiger partial charge on any atom is -0.297 e. The van der Waals surface area contributed by atoms with Gasteiger partial charge in [0.15, 0.2) is 5.78 Å². The molecule has 0 spiro atoms. The highest BCUT2D eigenvalue weighted by Gasteiger charge is 2.13. The third-order valence-corrected chi connectivity index (χ3v) is 5.74. The lowest BCUT2D eigenvalue weighted by Crippen LogP contribution is -2.31. The first-order valence-corrected chi connectivity index (χ1v) is 10.2. The van der Waals surface area contributed by atoms with Crippen molar-refractivity contribution >= 4 is 29.3 Å². The van der Waals surface area contributed by atoms with Gasteiger partial charge in [0.25, 0.3) is 0 Å². The molecule has 0 saturated carbocycles. The monoisotopic (exact) mass is 343 g/mol. The van der Waals surface area contributed by atoms with Crippen LogP contribution in [0.4, 0.5) is 0 Å². The molecule has 4 heteroatoms. The van der Waals surface area contributed by atoms with Gasteiger partial charge in [-0.3, -0.25) is 9.69 Å². The van der Waals surface area contributed by atoms with Crippen LogP contribution in [0.1, 0.15) is 21.5 Å². The predicted molar refractivity (Wildman–Crippen MR) is 101 cm³/mol. The van der Waals surface area contributed by atoms with E-state index >= 15 is 0 Å². The molecule has 2 aromatic carbocycles. The average Bonchev–Trinajstić information content (AvgIpc) is 2.62. The summed E-state index contributed by atoms with van der Waals surface area (Å²) in [5, 5.41) is 0. The smallest absolute Gasteiger partial charge is 0.193 e. The zero-order valence-electron chi connectivity index (χ0n) is 13.3. The van der Waals surface area contributed by atoms with Crippen LogP contribution in [-0.2, 0) is 6.54 Å². The van der Waals surface area contributed by atoms with Crippen molar-refractivity contribution in [1.29, 1.82) is 0 Å². The minimum atomic E-state index is 0.105. The van der Waals surface area contributed by atoms with Gasteiger partial charge in [0.2, 0.25) is 0 Å². The Bertz CT molecular complexity index is 663. The molecule has 0 unspecified atom stereocenters. The van der Waals surface area contributed by atoms with Crippen LogP contribution < -0.4 is 0 Å². The maximum atomic E-state index is 12.7. The van der Waals surface area contributed by atoms with Crippen LogP contribution in [0, 0.1) is 0 Å². The Balaban J connectivity index is 1.73. The second-order valence-corrected chi connectivity index (χ2v) is 7.75. The molecule has 1 fully saturated rings. The zero-order valence-corrected chi connectivity index (χ0v) is 15.0. The van der Waals surface area contributed by atoms with Crippen LogP contribution in [0.3, 0.4) is 0 Å². The van der Waals surface area contributed by atoms with Gasteiger partial charge in [-0.05, 0) is 42.2 Å². The molecular weight excluding hydrogens is 322 g/mol. The lowest BCUT2D eigenvalue weighted by Gasteiger charge is -2.26. The molecule has 0 radical (unpaired) electrons. The van der Waals surface area contributed by atoms with Gasteiger partial charge in [0, 0.05) is 47.2 Å². The lowest BCUT2D eigenvalue weighted by atomic mass is 10.0. The topological polar surface area (TPSA) is 20.3 Å². The molecule has 0 amide bonds. The van der Waals surface area contributed by atoms with Gasteiger partial charge in [-0.1, -0.05) is 18.2 Å². The molecular formula is C19H21NOS2. The van der Waals surface area contributed by atoms with E-state index in [4.69, 9.17) is 0 Å². The van der Waals surface area contributed by atoms with E-state index in [2.05, 4.69) is 11.0 Å². The quantitative estimate of drug-likeness (QED) is 0.599. The first kappa shape index (κ1) is 16.6. The van der Waals surface area contributed by atoms with Crippen molar-refractivity contribution in [2.24, 2.45) is 0 Å². The summed E-state index contributed by atoms with van der Waals surface area (Å²) >= 11 is 3.71. The molecule has 1 aliphatic rings. The maximum Gasteiger partial charge on any atom is 0.193 e. The Kier molecular flexibility index (Phi) is 5.81. The van der Waals surface area contributed by atoms with Crippen molar-refractivity contribution in [3.63, 3.8) is 0 Å². The third kappa shape index (κ3) is 4.40. The molecule has 2 nitrogen and oxygen atoms in total. The van der Waals surface area contributed by atoms with E-state index < -0.39 is 0 Å². The number of hydrogen-bond acceptors (Lipinski definition) is 4. The molecule has 1 aliphatic heterocycles. The van der Waals surface area contributed by atoms with Crippen LogP contribution in [0.5, 0.6) is 0 Å². The van der Waals surface area contributed by atoms with Gasteiger partial charge in [0.05, 0.1) is 0 Å². The summed E-state index contributed by atoms with van der Waals surface area (Å²) < 4.78 is 0. The molecule has 120 valence electrons. The summed E-state index contributed by atoms with van der Waals surface area (Å²) in [7, 11) is 0. The molecule has 0 aliphatic carbocycles. The molecule has 23 heavy (non-hydrogen) atoms. The molecule has 0 aromatic heterocycles. The first-order chi connectivity index (χ1) is 11.3. The van der Waals surface area contributed by atoms with Crippen molar-refractivity contribution in [2.75, 3.05) is 30.9 Å². The number of nitrogens with zero attached hydrogens (tertiary/aromatic N) is 1. The molecule has 0 N–H and O–H groups in total. The Morgan fingerprint density at radius 2 is 1.83 bits per heavy atom. The normalized spacial score (nSPS) is 15.5. The van der Waals surface area contributed by atoms with E-state index in [1.165, 1.54) is 22.0 Å². The predicted octanol–water partition coefficient (Wildman–Crippen LogP) is 4.19. The molecule has 0 bridgehead atoms. The molecule has 3 rings (SSSR count). The summed E-state index contributed by atoms with van der Waals surface area (Å²) in [5.41, 5.74) is 2.77. The third-order valence-electron chi connectivity index (χ3n) is 4.05. The second kappa shape index (κ2) is 8.04. The second-order valence-electron chi connectivity index (χ2n) is 5.65. The van der Waals surface area contributed by atoms with Gasteiger partial charge in [-0.15, -0.1) is 11.8 Å². The maximum absolute atomic E-state index is 12.7. The van der Waals surface area contributed by atoms with Crippen molar-refractivity contribution in [2.45, 2.75) is 11.4 Å². The number of rotatable bonds is 5. The van der Waals surface area contributed by atoms with Crippen LogP contribution in [0.25, 0.3) is 0 Å². The number of carbonyl (C=O) groups is 1. The van der Waals surface area contributed by atoms with E-state index in [1.807, 2.05) is 60.5 Å². The SMILES string of the molecule is CSc1ccc(C(=O)c2cccc(CN3CCSCC3)c2)cc1. The van der Waals surface area contributed by atoms with Crippen molar-refractivity contribution in [3.05, 3.63) is 65.2 Å². The van der Waals surface area contributed by atoms with E-state index in [9.17, 15) is 4.79 Å². The first-order valence-electron chi connectivity index (χ1n) is 7.84. The fourth-order valence-electron chi connectivity index (χ4n) is 2.74. The van der Waals surface area contributed by atoms with Crippen LogP contribution in [0.2, 0.25) is 0 Å². The number of benzene rings is 2. The highest BCUT2D eigenvalue weighted by molar-refractivity contribution is 7.99. The molecule has 0 atom stereocenters. The fourth-order valence-corrected chi connectivity index (χ4v) is 4.12. The summed E-state index contributed by atoms with van der Waals surface area (Å²) in [6.45, 7) is 3.21. The van der Waals surface area contributed by atoms with E-state index in [1.54, 1.807) is 11.8 Å². The van der Waals surface area contributed by atoms with Crippen LogP contribution in [-0.4, -0.2) is 41.5 Å². The lowest BCUT2D eigenvalue weighted by molar-refractivity contribution is 0.103.